The number of para-hydroxylation sites is 1. The largest absolute Gasteiger partial charge is 0.381 e. The highest BCUT2D eigenvalue weighted by Gasteiger charge is 2.28. The molecule has 1 N–H and O–H groups in total. The number of nitrogens with zero attached hydrogens (tertiary/aromatic N) is 3. The van der Waals surface area contributed by atoms with Gasteiger partial charge in [-0.3, -0.25) is 0 Å². The van der Waals surface area contributed by atoms with Gasteiger partial charge < -0.3 is 10.2 Å². The second kappa shape index (κ2) is 6.36. The van der Waals surface area contributed by atoms with Crippen molar-refractivity contribution in [3.05, 3.63) is 47.4 Å². The van der Waals surface area contributed by atoms with Crippen molar-refractivity contribution in [1.82, 2.24) is 9.97 Å². The molecule has 0 radical (unpaired) electrons. The van der Waals surface area contributed by atoms with Gasteiger partial charge in [0, 0.05) is 36.8 Å². The maximum Gasteiger partial charge on any atom is 0.135 e. The van der Waals surface area contributed by atoms with Crippen LogP contribution >= 0.6 is 11.6 Å². The van der Waals surface area contributed by atoms with Crippen molar-refractivity contribution in [3.8, 4) is 0 Å². The Balaban J connectivity index is 1.48. The maximum atomic E-state index is 6.21. The second-order valence-corrected chi connectivity index (χ2v) is 6.86. The molecule has 1 saturated heterocycles. The van der Waals surface area contributed by atoms with Gasteiger partial charge >= 0.3 is 0 Å². The molecule has 120 valence electrons. The van der Waals surface area contributed by atoms with Gasteiger partial charge in [-0.25, -0.2) is 9.97 Å². The van der Waals surface area contributed by atoms with Crippen molar-refractivity contribution in [2.75, 3.05) is 23.3 Å². The van der Waals surface area contributed by atoms with Crippen LogP contribution < -0.4 is 10.2 Å². The summed E-state index contributed by atoms with van der Waals surface area (Å²) in [5.41, 5.74) is 1.18. The zero-order valence-corrected chi connectivity index (χ0v) is 13.8. The number of piperidine rings is 1. The van der Waals surface area contributed by atoms with Gasteiger partial charge in [-0.1, -0.05) is 29.8 Å². The summed E-state index contributed by atoms with van der Waals surface area (Å²) >= 11 is 6.21. The summed E-state index contributed by atoms with van der Waals surface area (Å²) in [4.78, 5) is 11.5. The fraction of sp³-hybridized carbons (Fsp3) is 0.444. The molecule has 1 saturated carbocycles. The van der Waals surface area contributed by atoms with Crippen LogP contribution in [0.5, 0.6) is 0 Å². The van der Waals surface area contributed by atoms with Gasteiger partial charge in [-0.2, -0.15) is 0 Å². The van der Waals surface area contributed by atoms with Crippen LogP contribution in [0.3, 0.4) is 0 Å². The van der Waals surface area contributed by atoms with Gasteiger partial charge in [0.25, 0.3) is 0 Å². The van der Waals surface area contributed by atoms with E-state index in [0.29, 0.717) is 17.1 Å². The van der Waals surface area contributed by atoms with Crippen molar-refractivity contribution in [3.63, 3.8) is 0 Å². The minimum absolute atomic E-state index is 0.435. The number of rotatable bonds is 4. The van der Waals surface area contributed by atoms with Crippen LogP contribution in [0.2, 0.25) is 5.15 Å². The fourth-order valence-corrected chi connectivity index (χ4v) is 3.37. The monoisotopic (exact) mass is 328 g/mol. The lowest BCUT2D eigenvalue weighted by Gasteiger charge is -2.34. The molecule has 4 nitrogen and oxygen atoms in total. The number of halogens is 1. The van der Waals surface area contributed by atoms with Gasteiger partial charge in [0.2, 0.25) is 0 Å². The molecule has 1 aromatic carbocycles. The molecule has 1 aromatic heterocycles. The molecule has 1 unspecified atom stereocenters. The lowest BCUT2D eigenvalue weighted by Crippen LogP contribution is -2.42. The van der Waals surface area contributed by atoms with E-state index in [-0.39, 0.29) is 0 Å². The van der Waals surface area contributed by atoms with E-state index < -0.39 is 0 Å². The molecular formula is C18H21ClN4. The molecule has 2 heterocycles. The zero-order valence-electron chi connectivity index (χ0n) is 13.1. The standard InChI is InChI=1S/C18H21ClN4/c19-16-11-17(22-18(21-16)13-8-9-13)23-10-4-7-15(12-23)20-14-5-2-1-3-6-14/h1-3,5-6,11,13,15,20H,4,7-10,12H2. The molecule has 5 heteroatoms. The van der Waals surface area contributed by atoms with Crippen LogP contribution in [0, 0.1) is 0 Å². The van der Waals surface area contributed by atoms with Crippen LogP contribution in [-0.4, -0.2) is 29.1 Å². The molecule has 2 aliphatic rings. The minimum Gasteiger partial charge on any atom is -0.381 e. The summed E-state index contributed by atoms with van der Waals surface area (Å²) in [6, 6.07) is 12.7. The first-order valence-electron chi connectivity index (χ1n) is 8.39. The summed E-state index contributed by atoms with van der Waals surface area (Å²) in [7, 11) is 0. The smallest absolute Gasteiger partial charge is 0.135 e. The van der Waals surface area contributed by atoms with Crippen molar-refractivity contribution >= 4 is 23.1 Å². The number of nitrogens with one attached hydrogen (secondary N) is 1. The molecule has 0 bridgehead atoms. The first-order chi connectivity index (χ1) is 11.3. The van der Waals surface area contributed by atoms with Crippen molar-refractivity contribution < 1.29 is 0 Å². The Hall–Kier alpha value is -1.81. The Kier molecular flexibility index (Phi) is 4.08. The Morgan fingerprint density at radius 1 is 1.09 bits per heavy atom. The second-order valence-electron chi connectivity index (χ2n) is 6.48. The Bertz CT molecular complexity index is 672. The molecular weight excluding hydrogens is 308 g/mol. The number of hydrogen-bond donors (Lipinski definition) is 1. The van der Waals surface area contributed by atoms with Crippen molar-refractivity contribution in [2.45, 2.75) is 37.6 Å². The third-order valence-electron chi connectivity index (χ3n) is 4.53. The Morgan fingerprint density at radius 2 is 1.91 bits per heavy atom. The molecule has 0 amide bonds. The van der Waals surface area contributed by atoms with E-state index in [1.54, 1.807) is 0 Å². The minimum atomic E-state index is 0.435. The highest BCUT2D eigenvalue weighted by Crippen LogP contribution is 2.39. The average molecular weight is 329 g/mol. The summed E-state index contributed by atoms with van der Waals surface area (Å²) < 4.78 is 0. The van der Waals surface area contributed by atoms with Gasteiger partial charge in [0.05, 0.1) is 0 Å². The third-order valence-corrected chi connectivity index (χ3v) is 4.72. The van der Waals surface area contributed by atoms with Gasteiger partial charge in [0.1, 0.15) is 16.8 Å². The van der Waals surface area contributed by atoms with E-state index in [2.05, 4.69) is 39.5 Å². The van der Waals surface area contributed by atoms with Crippen LogP contribution in [0.25, 0.3) is 0 Å². The molecule has 1 aliphatic heterocycles. The molecule has 1 aliphatic carbocycles. The van der Waals surface area contributed by atoms with E-state index in [0.717, 1.165) is 31.2 Å². The normalized spacial score (nSPS) is 21.3. The van der Waals surface area contributed by atoms with Gasteiger partial charge in [-0.15, -0.1) is 0 Å². The van der Waals surface area contributed by atoms with Crippen molar-refractivity contribution in [1.29, 1.82) is 0 Å². The van der Waals surface area contributed by atoms with Crippen molar-refractivity contribution in [2.24, 2.45) is 0 Å². The summed E-state index contributed by atoms with van der Waals surface area (Å²) in [5.74, 6) is 2.42. The fourth-order valence-electron chi connectivity index (χ4n) is 3.18. The van der Waals surface area contributed by atoms with Crippen LogP contribution in [-0.2, 0) is 0 Å². The average Bonchev–Trinajstić information content (AvgIpc) is 3.40. The molecule has 1 atom stereocenters. The van der Waals surface area contributed by atoms with Gasteiger partial charge in [-0.05, 0) is 37.8 Å². The quantitative estimate of drug-likeness (QED) is 0.858. The first kappa shape index (κ1) is 14.8. The predicted octanol–water partition coefficient (Wildman–Crippen LogP) is 4.09. The molecule has 23 heavy (non-hydrogen) atoms. The topological polar surface area (TPSA) is 41.0 Å². The molecule has 0 spiro atoms. The third kappa shape index (κ3) is 3.58. The molecule has 2 aromatic rings. The maximum absolute atomic E-state index is 6.21. The lowest BCUT2D eigenvalue weighted by molar-refractivity contribution is 0.526. The summed E-state index contributed by atoms with van der Waals surface area (Å²) in [6.45, 7) is 1.98. The van der Waals surface area contributed by atoms with Gasteiger partial charge in [0.15, 0.2) is 0 Å². The van der Waals surface area contributed by atoms with E-state index in [9.17, 15) is 0 Å². The Labute approximate surface area is 141 Å². The summed E-state index contributed by atoms with van der Waals surface area (Å²) in [6.07, 6.45) is 4.72. The highest BCUT2D eigenvalue weighted by atomic mass is 35.5. The number of aromatic nitrogens is 2. The number of anilines is 2. The number of hydrogen-bond acceptors (Lipinski definition) is 4. The SMILES string of the molecule is Clc1cc(N2CCCC(Nc3ccccc3)C2)nc(C2CC2)n1. The number of benzene rings is 1. The zero-order chi connectivity index (χ0) is 15.6. The van der Waals surface area contributed by atoms with E-state index >= 15 is 0 Å². The van der Waals surface area contributed by atoms with E-state index in [1.807, 2.05) is 12.1 Å². The predicted molar refractivity (Wildman–Crippen MR) is 94.3 cm³/mol. The highest BCUT2D eigenvalue weighted by molar-refractivity contribution is 6.29. The lowest BCUT2D eigenvalue weighted by atomic mass is 10.1. The van der Waals surface area contributed by atoms with E-state index in [1.165, 1.54) is 24.9 Å². The first-order valence-corrected chi connectivity index (χ1v) is 8.77. The molecule has 2 fully saturated rings. The van der Waals surface area contributed by atoms with Crippen LogP contribution in [0.1, 0.15) is 37.4 Å². The Morgan fingerprint density at radius 3 is 2.70 bits per heavy atom. The van der Waals surface area contributed by atoms with E-state index in [4.69, 9.17) is 16.6 Å². The summed E-state index contributed by atoms with van der Waals surface area (Å²) in [5, 5.41) is 4.19. The molecule has 4 rings (SSSR count). The van der Waals surface area contributed by atoms with Crippen LogP contribution in [0.4, 0.5) is 11.5 Å². The van der Waals surface area contributed by atoms with Crippen LogP contribution in [0.15, 0.2) is 36.4 Å².